The zero-order valence-electron chi connectivity index (χ0n) is 17.0. The van der Waals surface area contributed by atoms with Gasteiger partial charge in [-0.2, -0.15) is 0 Å². The first-order valence-corrected chi connectivity index (χ1v) is 10.2. The van der Waals surface area contributed by atoms with Crippen LogP contribution in [0.2, 0.25) is 0 Å². The maximum absolute atomic E-state index is 12.2. The van der Waals surface area contributed by atoms with E-state index in [-0.39, 0.29) is 18.0 Å². The Morgan fingerprint density at radius 1 is 1.20 bits per heavy atom. The van der Waals surface area contributed by atoms with Crippen molar-refractivity contribution < 1.29 is 14.3 Å². The van der Waals surface area contributed by atoms with Gasteiger partial charge in [-0.25, -0.2) is 9.67 Å². The quantitative estimate of drug-likeness (QED) is 0.489. The molecular weight excluding hydrogens is 448 g/mol. The average molecular weight is 471 g/mol. The van der Waals surface area contributed by atoms with E-state index in [1.165, 1.54) is 6.08 Å². The van der Waals surface area contributed by atoms with Crippen molar-refractivity contribution in [1.29, 1.82) is 0 Å². The van der Waals surface area contributed by atoms with Gasteiger partial charge in [0.25, 0.3) is 5.91 Å². The van der Waals surface area contributed by atoms with E-state index in [9.17, 15) is 4.79 Å². The van der Waals surface area contributed by atoms with Crippen LogP contribution < -0.4 is 14.8 Å². The molecule has 3 aromatic rings. The molecule has 1 amide bonds. The Morgan fingerprint density at radius 3 is 2.67 bits per heavy atom. The number of rotatable bonds is 8. The van der Waals surface area contributed by atoms with Crippen molar-refractivity contribution in [2.24, 2.45) is 0 Å². The van der Waals surface area contributed by atoms with E-state index in [4.69, 9.17) is 9.47 Å². The van der Waals surface area contributed by atoms with Crippen LogP contribution in [0.1, 0.15) is 25.0 Å². The molecule has 30 heavy (non-hydrogen) atoms. The van der Waals surface area contributed by atoms with E-state index in [1.54, 1.807) is 24.2 Å². The van der Waals surface area contributed by atoms with Crippen LogP contribution in [0.5, 0.6) is 11.5 Å². The van der Waals surface area contributed by atoms with E-state index in [0.29, 0.717) is 18.0 Å². The third-order valence-corrected chi connectivity index (χ3v) is 4.54. The lowest BCUT2D eigenvalue weighted by atomic mass is 10.2. The van der Waals surface area contributed by atoms with Crippen molar-refractivity contribution in [1.82, 2.24) is 14.8 Å². The summed E-state index contributed by atoms with van der Waals surface area (Å²) in [5, 5.41) is 6.94. The first kappa shape index (κ1) is 21.6. The van der Waals surface area contributed by atoms with Crippen LogP contribution in [0, 0.1) is 0 Å². The lowest BCUT2D eigenvalue weighted by Crippen LogP contribution is -2.10. The lowest BCUT2D eigenvalue weighted by Gasteiger charge is -2.13. The number of aromatic nitrogens is 3. The Kier molecular flexibility index (Phi) is 7.24. The van der Waals surface area contributed by atoms with Crippen LogP contribution in [0.15, 0.2) is 59.3 Å². The van der Waals surface area contributed by atoms with Gasteiger partial charge in [0.2, 0.25) is 5.95 Å². The maximum atomic E-state index is 12.2. The predicted octanol–water partition coefficient (Wildman–Crippen LogP) is 4.54. The van der Waals surface area contributed by atoms with Gasteiger partial charge in [-0.05, 0) is 55.3 Å². The molecule has 0 aliphatic carbocycles. The van der Waals surface area contributed by atoms with Gasteiger partial charge in [0.05, 0.1) is 19.8 Å². The summed E-state index contributed by atoms with van der Waals surface area (Å²) in [5.74, 6) is 1.20. The topological polar surface area (TPSA) is 78.3 Å². The smallest absolute Gasteiger partial charge is 0.250 e. The molecule has 2 aromatic carbocycles. The fourth-order valence-corrected chi connectivity index (χ4v) is 2.93. The summed E-state index contributed by atoms with van der Waals surface area (Å²) in [5.41, 5.74) is 1.89. The van der Waals surface area contributed by atoms with Crippen molar-refractivity contribution in [2.75, 3.05) is 12.4 Å². The lowest BCUT2D eigenvalue weighted by molar-refractivity contribution is -0.111. The molecule has 7 nitrogen and oxygen atoms in total. The highest BCUT2D eigenvalue weighted by Gasteiger charge is 2.08. The number of halogens is 1. The summed E-state index contributed by atoms with van der Waals surface area (Å²) in [6, 6.07) is 13.4. The third kappa shape index (κ3) is 6.18. The molecule has 0 spiro atoms. The Balaban J connectivity index is 1.59. The summed E-state index contributed by atoms with van der Waals surface area (Å²) in [4.78, 5) is 16.3. The summed E-state index contributed by atoms with van der Waals surface area (Å²) < 4.78 is 13.7. The van der Waals surface area contributed by atoms with Gasteiger partial charge >= 0.3 is 0 Å². The van der Waals surface area contributed by atoms with Gasteiger partial charge < -0.3 is 9.47 Å². The average Bonchev–Trinajstić information content (AvgIpc) is 3.15. The SMILES string of the molecule is COc1cc(/C=C/C(=O)Nc2ncn(Cc3ccc(Br)cc3)n2)ccc1OC(C)C. The molecule has 8 heteroatoms. The van der Waals surface area contributed by atoms with Crippen LogP contribution in [0.4, 0.5) is 5.95 Å². The minimum Gasteiger partial charge on any atom is -0.493 e. The first-order valence-electron chi connectivity index (χ1n) is 9.40. The van der Waals surface area contributed by atoms with Gasteiger partial charge in [-0.15, -0.1) is 5.10 Å². The van der Waals surface area contributed by atoms with E-state index in [0.717, 1.165) is 15.6 Å². The monoisotopic (exact) mass is 470 g/mol. The van der Waals surface area contributed by atoms with Crippen LogP contribution in [-0.2, 0) is 11.3 Å². The van der Waals surface area contributed by atoms with Crippen molar-refractivity contribution in [3.8, 4) is 11.5 Å². The maximum Gasteiger partial charge on any atom is 0.250 e. The second-order valence-corrected chi connectivity index (χ2v) is 7.71. The van der Waals surface area contributed by atoms with Crippen LogP contribution in [0.25, 0.3) is 6.08 Å². The molecule has 0 bridgehead atoms. The van der Waals surface area contributed by atoms with Crippen LogP contribution in [-0.4, -0.2) is 33.9 Å². The van der Waals surface area contributed by atoms with Crippen molar-refractivity contribution >= 4 is 33.9 Å². The van der Waals surface area contributed by atoms with Crippen molar-refractivity contribution in [3.05, 3.63) is 70.5 Å². The summed E-state index contributed by atoms with van der Waals surface area (Å²) in [7, 11) is 1.58. The zero-order chi connectivity index (χ0) is 21.5. The molecule has 0 fully saturated rings. The Hall–Kier alpha value is -3.13. The third-order valence-electron chi connectivity index (χ3n) is 4.01. The number of hydrogen-bond acceptors (Lipinski definition) is 5. The molecule has 0 saturated carbocycles. The second kappa shape index (κ2) is 10.1. The molecule has 1 N–H and O–H groups in total. The number of amides is 1. The highest BCUT2D eigenvalue weighted by molar-refractivity contribution is 9.10. The van der Waals surface area contributed by atoms with Gasteiger partial charge in [0.1, 0.15) is 6.33 Å². The van der Waals surface area contributed by atoms with Crippen molar-refractivity contribution in [3.63, 3.8) is 0 Å². The summed E-state index contributed by atoms with van der Waals surface area (Å²) in [6.45, 7) is 4.47. The number of carbonyl (C=O) groups excluding carboxylic acids is 1. The molecule has 156 valence electrons. The fourth-order valence-electron chi connectivity index (χ4n) is 2.67. The standard InChI is InChI=1S/C22H23BrN4O3/c1-15(2)30-19-10-6-16(12-20(19)29-3)7-11-21(28)25-22-24-14-27(26-22)13-17-4-8-18(23)9-5-17/h4-12,14-15H,13H2,1-3H3,(H,25,26,28)/b11-7+. The number of ether oxygens (including phenoxy) is 2. The minimum atomic E-state index is -0.321. The Labute approximate surface area is 183 Å². The predicted molar refractivity (Wildman–Crippen MR) is 120 cm³/mol. The van der Waals surface area contributed by atoms with Crippen LogP contribution in [0.3, 0.4) is 0 Å². The minimum absolute atomic E-state index is 0.0436. The van der Waals surface area contributed by atoms with Gasteiger partial charge in [-0.3, -0.25) is 10.1 Å². The Morgan fingerprint density at radius 2 is 1.97 bits per heavy atom. The van der Waals surface area contributed by atoms with E-state index in [1.807, 2.05) is 56.3 Å². The van der Waals surface area contributed by atoms with E-state index < -0.39 is 0 Å². The number of benzene rings is 2. The summed E-state index contributed by atoms with van der Waals surface area (Å²) in [6.07, 6.45) is 4.74. The van der Waals surface area contributed by atoms with Crippen LogP contribution >= 0.6 is 15.9 Å². The van der Waals surface area contributed by atoms with Gasteiger partial charge in [-0.1, -0.05) is 34.1 Å². The number of anilines is 1. The second-order valence-electron chi connectivity index (χ2n) is 6.79. The largest absolute Gasteiger partial charge is 0.493 e. The highest BCUT2D eigenvalue weighted by atomic mass is 79.9. The van der Waals surface area contributed by atoms with E-state index in [2.05, 4.69) is 31.3 Å². The number of nitrogens with one attached hydrogen (secondary N) is 1. The van der Waals surface area contributed by atoms with Gasteiger partial charge in [0.15, 0.2) is 11.5 Å². The molecule has 1 aromatic heterocycles. The molecule has 0 unspecified atom stereocenters. The molecule has 0 aliphatic rings. The number of hydrogen-bond donors (Lipinski definition) is 1. The molecule has 1 heterocycles. The molecule has 0 saturated heterocycles. The molecule has 3 rings (SSSR count). The highest BCUT2D eigenvalue weighted by Crippen LogP contribution is 2.29. The zero-order valence-corrected chi connectivity index (χ0v) is 18.6. The molecular formula is C22H23BrN4O3. The molecule has 0 atom stereocenters. The number of nitrogens with zero attached hydrogens (tertiary/aromatic N) is 3. The van der Waals surface area contributed by atoms with Crippen molar-refractivity contribution in [2.45, 2.75) is 26.5 Å². The summed E-state index contributed by atoms with van der Waals surface area (Å²) >= 11 is 3.41. The van der Waals surface area contributed by atoms with E-state index >= 15 is 0 Å². The molecule has 0 aliphatic heterocycles. The fraction of sp³-hybridized carbons (Fsp3) is 0.227. The normalized spacial score (nSPS) is 11.1. The molecule has 0 radical (unpaired) electrons. The first-order chi connectivity index (χ1) is 14.4. The van der Waals surface area contributed by atoms with Gasteiger partial charge in [0, 0.05) is 10.5 Å². The number of carbonyl (C=O) groups is 1. The number of methoxy groups -OCH3 is 1. The Bertz CT molecular complexity index is 1030.